The van der Waals surface area contributed by atoms with Crippen LogP contribution in [0.5, 0.6) is 0 Å². The van der Waals surface area contributed by atoms with Crippen molar-refractivity contribution in [1.82, 2.24) is 0 Å². The van der Waals surface area contributed by atoms with Gasteiger partial charge >= 0.3 is 17.9 Å². The molecule has 0 aliphatic carbocycles. The van der Waals surface area contributed by atoms with E-state index in [0.717, 1.165) is 109 Å². The molecule has 0 aromatic rings. The van der Waals surface area contributed by atoms with Crippen LogP contribution in [-0.2, 0) is 28.6 Å². The summed E-state index contributed by atoms with van der Waals surface area (Å²) < 4.78 is 16.8. The molecule has 68 heavy (non-hydrogen) atoms. The molecule has 0 aromatic carbocycles. The molecule has 6 heteroatoms. The predicted octanol–water partition coefficient (Wildman–Crippen LogP) is 18.7. The number of hydrogen-bond donors (Lipinski definition) is 0. The summed E-state index contributed by atoms with van der Waals surface area (Å²) in [6.45, 7) is 6.41. The Morgan fingerprint density at radius 1 is 0.309 bits per heavy atom. The number of carbonyl (C=O) groups excluding carboxylic acids is 3. The zero-order valence-electron chi connectivity index (χ0n) is 44.1. The molecule has 0 aromatic heterocycles. The van der Waals surface area contributed by atoms with E-state index in [1.807, 2.05) is 18.2 Å². The van der Waals surface area contributed by atoms with Gasteiger partial charge in [-0.05, 0) is 89.9 Å². The van der Waals surface area contributed by atoms with E-state index in [1.54, 1.807) is 0 Å². The van der Waals surface area contributed by atoms with Crippen molar-refractivity contribution in [2.75, 3.05) is 13.2 Å². The fourth-order valence-corrected chi connectivity index (χ4v) is 7.46. The number of unbranched alkanes of at least 4 members (excludes halogenated alkanes) is 26. The van der Waals surface area contributed by atoms with Gasteiger partial charge in [0.1, 0.15) is 13.2 Å². The summed E-state index contributed by atoms with van der Waals surface area (Å²) in [7, 11) is 0. The summed E-state index contributed by atoms with van der Waals surface area (Å²) in [6, 6.07) is 0. The zero-order chi connectivity index (χ0) is 49.3. The van der Waals surface area contributed by atoms with Crippen LogP contribution >= 0.6 is 0 Å². The van der Waals surface area contributed by atoms with Gasteiger partial charge in [-0.25, -0.2) is 0 Å². The van der Waals surface area contributed by atoms with Crippen molar-refractivity contribution in [2.24, 2.45) is 0 Å². The molecule has 0 amide bonds. The Bertz CT molecular complexity index is 1410. The lowest BCUT2D eigenvalue weighted by Gasteiger charge is -2.18. The van der Waals surface area contributed by atoms with E-state index in [1.165, 1.54) is 96.3 Å². The van der Waals surface area contributed by atoms with E-state index in [2.05, 4.69) is 112 Å². The summed E-state index contributed by atoms with van der Waals surface area (Å²) in [4.78, 5) is 38.1. The van der Waals surface area contributed by atoms with Crippen molar-refractivity contribution in [2.45, 2.75) is 252 Å². The van der Waals surface area contributed by atoms with Gasteiger partial charge in [0.15, 0.2) is 6.10 Å². The van der Waals surface area contributed by atoms with Crippen molar-refractivity contribution >= 4 is 17.9 Å². The number of hydrogen-bond acceptors (Lipinski definition) is 6. The highest BCUT2D eigenvalue weighted by Crippen LogP contribution is 2.14. The topological polar surface area (TPSA) is 78.9 Å². The highest BCUT2D eigenvalue weighted by atomic mass is 16.6. The molecule has 0 spiro atoms. The molecule has 0 aliphatic heterocycles. The fraction of sp³-hybridized carbons (Fsp3) is 0.661. The van der Waals surface area contributed by atoms with Crippen LogP contribution < -0.4 is 0 Å². The van der Waals surface area contributed by atoms with Crippen LogP contribution in [-0.4, -0.2) is 37.2 Å². The quantitative estimate of drug-likeness (QED) is 0.0199. The maximum atomic E-state index is 12.9. The number of ether oxygens (including phenoxy) is 3. The molecular weight excluding hydrogens is 841 g/mol. The molecule has 0 saturated carbocycles. The van der Waals surface area contributed by atoms with E-state index in [9.17, 15) is 14.4 Å². The lowest BCUT2D eigenvalue weighted by molar-refractivity contribution is -0.167. The Labute approximate surface area is 419 Å². The highest BCUT2D eigenvalue weighted by molar-refractivity contribution is 5.71. The van der Waals surface area contributed by atoms with Crippen LogP contribution in [0.25, 0.3) is 0 Å². The van der Waals surface area contributed by atoms with Gasteiger partial charge in [0.2, 0.25) is 0 Å². The van der Waals surface area contributed by atoms with Crippen LogP contribution in [0.4, 0.5) is 0 Å². The second-order valence-corrected chi connectivity index (χ2v) is 18.3. The van der Waals surface area contributed by atoms with E-state index in [-0.39, 0.29) is 31.1 Å². The first-order valence-electron chi connectivity index (χ1n) is 28.0. The smallest absolute Gasteiger partial charge is 0.306 e. The van der Waals surface area contributed by atoms with Crippen molar-refractivity contribution in [1.29, 1.82) is 0 Å². The molecule has 0 aliphatic rings. The summed E-state index contributed by atoms with van der Waals surface area (Å²) in [5, 5.41) is 0. The second-order valence-electron chi connectivity index (χ2n) is 18.3. The molecule has 386 valence electrons. The predicted molar refractivity (Wildman–Crippen MR) is 293 cm³/mol. The number of allylic oxidation sites excluding steroid dienone is 18. The summed E-state index contributed by atoms with van der Waals surface area (Å²) in [6.07, 6.45) is 74.9. The van der Waals surface area contributed by atoms with E-state index in [0.29, 0.717) is 19.3 Å². The molecule has 0 heterocycles. The minimum Gasteiger partial charge on any atom is -0.462 e. The van der Waals surface area contributed by atoms with Gasteiger partial charge in [-0.15, -0.1) is 0 Å². The molecule has 0 rings (SSSR count). The zero-order valence-corrected chi connectivity index (χ0v) is 44.1. The van der Waals surface area contributed by atoms with E-state index < -0.39 is 6.10 Å². The minimum absolute atomic E-state index is 0.102. The SMILES string of the molecule is CC\C=C/C=C\C=C/C=C\CCCCCCCC(=O)OCC(COC(=O)CCCCCCC\C=C/C=C\C=C/C=C\CCCCC)OC(=O)CCCCCCCCC/C=C\CCCCCCCC. The first-order chi connectivity index (χ1) is 33.5. The third kappa shape index (κ3) is 53.0. The third-order valence-corrected chi connectivity index (χ3v) is 11.7. The van der Waals surface area contributed by atoms with Crippen LogP contribution in [0.3, 0.4) is 0 Å². The van der Waals surface area contributed by atoms with Gasteiger partial charge in [-0.3, -0.25) is 14.4 Å². The Hall–Kier alpha value is -3.93. The largest absolute Gasteiger partial charge is 0.462 e. The second kappa shape index (κ2) is 55.7. The minimum atomic E-state index is -0.803. The Morgan fingerprint density at radius 2 is 0.588 bits per heavy atom. The molecule has 0 saturated heterocycles. The molecule has 1 atom stereocenters. The lowest BCUT2D eigenvalue weighted by Crippen LogP contribution is -2.30. The van der Waals surface area contributed by atoms with Gasteiger partial charge in [-0.2, -0.15) is 0 Å². The Kier molecular flexibility index (Phi) is 52.4. The molecule has 6 nitrogen and oxygen atoms in total. The number of esters is 3. The average molecular weight is 943 g/mol. The van der Waals surface area contributed by atoms with Gasteiger partial charge in [0, 0.05) is 19.3 Å². The normalized spacial score (nSPS) is 12.9. The van der Waals surface area contributed by atoms with Crippen molar-refractivity contribution in [3.8, 4) is 0 Å². The molecule has 1 unspecified atom stereocenters. The molecule has 0 bridgehead atoms. The number of rotatable bonds is 49. The van der Waals surface area contributed by atoms with Gasteiger partial charge in [0.25, 0.3) is 0 Å². The first-order valence-corrected chi connectivity index (χ1v) is 28.0. The molecular formula is C62H102O6. The Balaban J connectivity index is 4.49. The van der Waals surface area contributed by atoms with Crippen LogP contribution in [0, 0.1) is 0 Å². The van der Waals surface area contributed by atoms with Crippen molar-refractivity contribution in [3.05, 3.63) is 109 Å². The summed E-state index contributed by atoms with van der Waals surface area (Å²) in [5.74, 6) is -0.950. The summed E-state index contributed by atoms with van der Waals surface area (Å²) >= 11 is 0. The standard InChI is InChI=1S/C62H102O6/c1-4-7-10-13-16-19-22-25-28-30-32-34-37-40-43-46-49-52-55-61(64)67-58-59(57-66-60(63)54-51-48-45-42-39-36-33-27-24-21-18-15-12-9-6-3)68-62(65)56-53-50-47-44-41-38-35-31-29-26-23-20-17-14-11-8-5-2/h9,12,15-16,18-19,21-22,24-30,32-34,59H,4-8,10-11,13-14,17,20,23,31,35-58H2,1-3H3/b12-9-,18-15-,19-16-,24-21-,25-22-,29-26-,30-28-,33-27-,34-32-. The highest BCUT2D eigenvalue weighted by Gasteiger charge is 2.19. The monoisotopic (exact) mass is 943 g/mol. The molecule has 0 radical (unpaired) electrons. The maximum absolute atomic E-state index is 12.9. The van der Waals surface area contributed by atoms with Crippen molar-refractivity contribution < 1.29 is 28.6 Å². The summed E-state index contributed by atoms with van der Waals surface area (Å²) in [5.41, 5.74) is 0. The first kappa shape index (κ1) is 64.1. The fourth-order valence-electron chi connectivity index (χ4n) is 7.46. The Morgan fingerprint density at radius 3 is 0.971 bits per heavy atom. The van der Waals surface area contributed by atoms with Gasteiger partial charge in [0.05, 0.1) is 0 Å². The molecule has 0 N–H and O–H groups in total. The van der Waals surface area contributed by atoms with Gasteiger partial charge < -0.3 is 14.2 Å². The number of carbonyl (C=O) groups is 3. The van der Waals surface area contributed by atoms with Crippen LogP contribution in [0.1, 0.15) is 245 Å². The maximum Gasteiger partial charge on any atom is 0.306 e. The van der Waals surface area contributed by atoms with E-state index in [4.69, 9.17) is 14.2 Å². The third-order valence-electron chi connectivity index (χ3n) is 11.7. The van der Waals surface area contributed by atoms with Crippen LogP contribution in [0.2, 0.25) is 0 Å². The molecule has 0 fully saturated rings. The lowest BCUT2D eigenvalue weighted by atomic mass is 10.1. The van der Waals surface area contributed by atoms with Crippen LogP contribution in [0.15, 0.2) is 109 Å². The average Bonchev–Trinajstić information content (AvgIpc) is 3.34. The van der Waals surface area contributed by atoms with E-state index >= 15 is 0 Å². The van der Waals surface area contributed by atoms with Crippen molar-refractivity contribution in [3.63, 3.8) is 0 Å². The van der Waals surface area contributed by atoms with Gasteiger partial charge in [-0.1, -0.05) is 246 Å².